The van der Waals surface area contributed by atoms with E-state index < -0.39 is 11.3 Å². The van der Waals surface area contributed by atoms with Gasteiger partial charge in [-0.1, -0.05) is 23.7 Å². The summed E-state index contributed by atoms with van der Waals surface area (Å²) in [7, 11) is 0. The number of alkyl halides is 2. The highest BCUT2D eigenvalue weighted by Gasteiger charge is 2.59. The standard InChI is InChI=1S/C12H13Cl2FO/c13-8-12(16,11(15)5-6-11)7-9-1-3-10(14)4-2-9/h1-4,16H,5-8H2. The van der Waals surface area contributed by atoms with Crippen LogP contribution in [0.5, 0.6) is 0 Å². The molecule has 0 bridgehead atoms. The smallest absolute Gasteiger partial charge is 0.141 e. The molecular weight excluding hydrogens is 250 g/mol. The van der Waals surface area contributed by atoms with Crippen molar-refractivity contribution in [2.75, 3.05) is 5.88 Å². The molecular formula is C12H13Cl2FO. The number of benzene rings is 1. The largest absolute Gasteiger partial charge is 0.385 e. The highest BCUT2D eigenvalue weighted by atomic mass is 35.5. The van der Waals surface area contributed by atoms with Gasteiger partial charge in [0.25, 0.3) is 0 Å². The summed E-state index contributed by atoms with van der Waals surface area (Å²) in [5.41, 5.74) is -2.12. The average Bonchev–Trinajstić information content (AvgIpc) is 3.01. The normalized spacial score (nSPS) is 21.5. The maximum atomic E-state index is 14.0. The molecule has 2 rings (SSSR count). The van der Waals surface area contributed by atoms with Gasteiger partial charge in [0.1, 0.15) is 11.3 Å². The van der Waals surface area contributed by atoms with Gasteiger partial charge < -0.3 is 5.11 Å². The molecule has 0 spiro atoms. The van der Waals surface area contributed by atoms with Crippen LogP contribution in [0.1, 0.15) is 18.4 Å². The Hall–Kier alpha value is -0.310. The Bertz CT molecular complexity index is 375. The fourth-order valence-electron chi connectivity index (χ4n) is 1.84. The van der Waals surface area contributed by atoms with Crippen LogP contribution >= 0.6 is 23.2 Å². The Balaban J connectivity index is 2.15. The summed E-state index contributed by atoms with van der Waals surface area (Å²) in [5.74, 6) is -0.0911. The summed E-state index contributed by atoms with van der Waals surface area (Å²) in [6.07, 6.45) is 1.01. The Kier molecular flexibility index (Phi) is 3.17. The third kappa shape index (κ3) is 2.20. The predicted octanol–water partition coefficient (Wildman–Crippen LogP) is 3.35. The SMILES string of the molecule is OC(CCl)(Cc1ccc(Cl)cc1)C1(F)CC1. The second-order valence-corrected chi connectivity index (χ2v) is 5.14. The van der Waals surface area contributed by atoms with Gasteiger partial charge in [-0.3, -0.25) is 0 Å². The van der Waals surface area contributed by atoms with E-state index in [1.807, 2.05) is 0 Å². The number of halogens is 3. The lowest BCUT2D eigenvalue weighted by atomic mass is 9.90. The Labute approximate surface area is 104 Å². The lowest BCUT2D eigenvalue weighted by Crippen LogP contribution is -2.45. The molecule has 1 fully saturated rings. The summed E-state index contributed by atoms with van der Waals surface area (Å²) in [5, 5.41) is 10.8. The van der Waals surface area contributed by atoms with Crippen LogP contribution < -0.4 is 0 Å². The molecule has 1 aromatic rings. The molecule has 4 heteroatoms. The fraction of sp³-hybridized carbons (Fsp3) is 0.500. The summed E-state index contributed by atoms with van der Waals surface area (Å²) in [6, 6.07) is 7.02. The molecule has 1 nitrogen and oxygen atoms in total. The van der Waals surface area contributed by atoms with Crippen LogP contribution in [0.4, 0.5) is 4.39 Å². The topological polar surface area (TPSA) is 20.2 Å². The highest BCUT2D eigenvalue weighted by molar-refractivity contribution is 6.30. The highest BCUT2D eigenvalue weighted by Crippen LogP contribution is 2.50. The van der Waals surface area contributed by atoms with Crippen LogP contribution in [0.3, 0.4) is 0 Å². The van der Waals surface area contributed by atoms with E-state index in [4.69, 9.17) is 23.2 Å². The van der Waals surface area contributed by atoms with E-state index >= 15 is 0 Å². The second kappa shape index (κ2) is 4.17. The number of hydrogen-bond acceptors (Lipinski definition) is 1. The minimum absolute atomic E-state index is 0.0911. The number of hydrogen-bond donors (Lipinski definition) is 1. The summed E-state index contributed by atoms with van der Waals surface area (Å²) in [6.45, 7) is 0. The molecule has 0 heterocycles. The van der Waals surface area contributed by atoms with Crippen molar-refractivity contribution in [3.63, 3.8) is 0 Å². The maximum absolute atomic E-state index is 14.0. The fourth-order valence-corrected chi connectivity index (χ4v) is 2.30. The van der Waals surface area contributed by atoms with Gasteiger partial charge in [0.15, 0.2) is 0 Å². The monoisotopic (exact) mass is 262 g/mol. The van der Waals surface area contributed by atoms with E-state index in [-0.39, 0.29) is 12.3 Å². The zero-order chi connectivity index (χ0) is 11.8. The second-order valence-electron chi connectivity index (χ2n) is 4.43. The van der Waals surface area contributed by atoms with Crippen LogP contribution in [0, 0.1) is 0 Å². The molecule has 1 atom stereocenters. The van der Waals surface area contributed by atoms with Crippen molar-refractivity contribution >= 4 is 23.2 Å². The van der Waals surface area contributed by atoms with Crippen molar-refractivity contribution in [1.29, 1.82) is 0 Å². The molecule has 1 unspecified atom stereocenters. The first kappa shape index (κ1) is 12.2. The molecule has 0 saturated heterocycles. The van der Waals surface area contributed by atoms with E-state index in [9.17, 15) is 9.50 Å². The van der Waals surface area contributed by atoms with E-state index in [2.05, 4.69) is 0 Å². The molecule has 0 aliphatic heterocycles. The maximum Gasteiger partial charge on any atom is 0.141 e. The number of aliphatic hydroxyl groups is 1. The molecule has 1 saturated carbocycles. The first-order valence-corrected chi connectivity index (χ1v) is 6.12. The third-order valence-corrected chi connectivity index (χ3v) is 3.85. The van der Waals surface area contributed by atoms with Gasteiger partial charge in [-0.2, -0.15) is 0 Å². The zero-order valence-electron chi connectivity index (χ0n) is 8.72. The molecule has 88 valence electrons. The van der Waals surface area contributed by atoms with Crippen LogP contribution in [0.15, 0.2) is 24.3 Å². The predicted molar refractivity (Wildman–Crippen MR) is 63.9 cm³/mol. The molecule has 1 aliphatic carbocycles. The van der Waals surface area contributed by atoms with E-state index in [0.29, 0.717) is 17.9 Å². The van der Waals surface area contributed by atoms with E-state index in [1.165, 1.54) is 0 Å². The van der Waals surface area contributed by atoms with Crippen LogP contribution in [0.25, 0.3) is 0 Å². The Morgan fingerprint density at radius 2 is 1.88 bits per heavy atom. The van der Waals surface area contributed by atoms with Gasteiger partial charge >= 0.3 is 0 Å². The van der Waals surface area contributed by atoms with Gasteiger partial charge in [-0.05, 0) is 30.5 Å². The van der Waals surface area contributed by atoms with Crippen molar-refractivity contribution in [1.82, 2.24) is 0 Å². The summed E-state index contributed by atoms with van der Waals surface area (Å²) >= 11 is 11.5. The van der Waals surface area contributed by atoms with Crippen molar-refractivity contribution in [3.05, 3.63) is 34.9 Å². The zero-order valence-corrected chi connectivity index (χ0v) is 10.2. The molecule has 16 heavy (non-hydrogen) atoms. The number of rotatable bonds is 4. The lowest BCUT2D eigenvalue weighted by Gasteiger charge is -2.29. The van der Waals surface area contributed by atoms with Crippen LogP contribution in [-0.4, -0.2) is 22.3 Å². The molecule has 1 aromatic carbocycles. The molecule has 0 amide bonds. The minimum atomic E-state index is -1.51. The van der Waals surface area contributed by atoms with Crippen LogP contribution in [-0.2, 0) is 6.42 Å². The van der Waals surface area contributed by atoms with Crippen molar-refractivity contribution in [3.8, 4) is 0 Å². The summed E-state index contributed by atoms with van der Waals surface area (Å²) in [4.78, 5) is 0. The van der Waals surface area contributed by atoms with Gasteiger partial charge in [0, 0.05) is 11.4 Å². The summed E-state index contributed by atoms with van der Waals surface area (Å²) < 4.78 is 14.0. The van der Waals surface area contributed by atoms with E-state index in [0.717, 1.165) is 5.56 Å². The van der Waals surface area contributed by atoms with Crippen LogP contribution in [0.2, 0.25) is 5.02 Å². The Morgan fingerprint density at radius 3 is 2.31 bits per heavy atom. The lowest BCUT2D eigenvalue weighted by molar-refractivity contribution is -0.0311. The Morgan fingerprint density at radius 1 is 1.31 bits per heavy atom. The van der Waals surface area contributed by atoms with Gasteiger partial charge in [-0.15, -0.1) is 11.6 Å². The average molecular weight is 263 g/mol. The van der Waals surface area contributed by atoms with Crippen molar-refractivity contribution in [2.45, 2.75) is 30.5 Å². The first-order valence-electron chi connectivity index (χ1n) is 5.21. The first-order chi connectivity index (χ1) is 7.49. The minimum Gasteiger partial charge on any atom is -0.385 e. The molecule has 0 aromatic heterocycles. The molecule has 1 aliphatic rings. The van der Waals surface area contributed by atoms with Gasteiger partial charge in [0.2, 0.25) is 0 Å². The van der Waals surface area contributed by atoms with Crippen molar-refractivity contribution < 1.29 is 9.50 Å². The van der Waals surface area contributed by atoms with Gasteiger partial charge in [-0.25, -0.2) is 4.39 Å². The third-order valence-electron chi connectivity index (χ3n) is 3.15. The van der Waals surface area contributed by atoms with Crippen molar-refractivity contribution in [2.24, 2.45) is 0 Å². The van der Waals surface area contributed by atoms with E-state index in [1.54, 1.807) is 24.3 Å². The molecule has 1 N–H and O–H groups in total. The van der Waals surface area contributed by atoms with Gasteiger partial charge in [0.05, 0.1) is 5.88 Å². The quantitative estimate of drug-likeness (QED) is 0.826. The molecule has 0 radical (unpaired) electrons.